The lowest BCUT2D eigenvalue weighted by molar-refractivity contribution is -0.135. The van der Waals surface area contributed by atoms with Crippen LogP contribution in [0.4, 0.5) is 0 Å². The van der Waals surface area contributed by atoms with Crippen molar-refractivity contribution in [2.45, 2.75) is 425 Å². The van der Waals surface area contributed by atoms with Crippen LogP contribution >= 0.6 is 0 Å². The van der Waals surface area contributed by atoms with Gasteiger partial charge in [-0.05, 0) is 207 Å². The van der Waals surface area contributed by atoms with Gasteiger partial charge in [-0.25, -0.2) is 0 Å². The molecule has 0 bridgehead atoms. The van der Waals surface area contributed by atoms with Gasteiger partial charge in [0.15, 0.2) is 0 Å². The molecule has 0 aromatic carbocycles. The summed E-state index contributed by atoms with van der Waals surface area (Å²) in [6.45, 7) is 20.0. The summed E-state index contributed by atoms with van der Waals surface area (Å²) in [6.07, 6.45) is 46.8. The van der Waals surface area contributed by atoms with Crippen molar-refractivity contribution in [2.24, 2.45) is 71.0 Å². The first kappa shape index (κ1) is 87.5. The minimum absolute atomic E-state index is 0.0758. The van der Waals surface area contributed by atoms with Crippen LogP contribution in [-0.2, 0) is 43.2 Å². The highest BCUT2D eigenvalue weighted by Crippen LogP contribution is 2.35. The molecule has 0 heterocycles. The van der Waals surface area contributed by atoms with E-state index in [9.17, 15) is 43.2 Å². The van der Waals surface area contributed by atoms with Crippen LogP contribution in [-0.4, -0.2) is 108 Å². The summed E-state index contributed by atoms with van der Waals surface area (Å²) in [5.74, 6) is 3.01. The highest BCUT2D eigenvalue weighted by Gasteiger charge is 2.37. The predicted octanol–water partition coefficient (Wildman–Crippen LogP) is 15.7. The fraction of sp³-hybridized carbons (Fsp3) is 0.897. The average molecular weight is 1470 g/mol. The lowest BCUT2D eigenvalue weighted by atomic mass is 9.82. The van der Waals surface area contributed by atoms with Crippen molar-refractivity contribution < 1.29 is 43.2 Å². The normalized spacial score (nSPS) is 32.3. The standard InChI is InChI=1S/2C30H53N3O3.C27H47N3O3/c1-4-21-10-7-13-25(16-21)31-28(34)19-24(30(36)33-27-15-9-12-23(6-3)18-27)20-29(35)32-26-14-8-11-22(5-2)17-26;1-4-21-13-7-10-16-25(21)31-28(34)19-24(30(36)33-27-18-12-9-15-23(27)6-3)20-29(35)32-26-17-11-8-14-22(26)5-2;1-18-4-10-22(11-5-18)28-25(31)16-21(27(33)30-24-14-8-20(3)9-15-24)17-26(32)29-23-12-6-19(2)7-13-23/h2*21-27H,4-20H2,1-3H3,(H,31,34)(H,32,35)(H,33,36);18-24H,4-17H2,1-3H3,(H,28,31)(H,29,32)(H,30,33). The largest absolute Gasteiger partial charge is 0.353 e. The van der Waals surface area contributed by atoms with E-state index in [-0.39, 0.29) is 146 Å². The van der Waals surface area contributed by atoms with Gasteiger partial charge in [0, 0.05) is 92.9 Å². The lowest BCUT2D eigenvalue weighted by Gasteiger charge is -2.34. The smallest absolute Gasteiger partial charge is 0.224 e. The molecule has 0 radical (unpaired) electrons. The molecule has 9 aliphatic rings. The zero-order valence-electron chi connectivity index (χ0n) is 67.7. The van der Waals surface area contributed by atoms with Crippen molar-refractivity contribution in [3.63, 3.8) is 0 Å². The summed E-state index contributed by atoms with van der Waals surface area (Å²) in [5.41, 5.74) is 0. The van der Waals surface area contributed by atoms with E-state index in [0.717, 1.165) is 243 Å². The summed E-state index contributed by atoms with van der Waals surface area (Å²) < 4.78 is 0. The third-order valence-electron chi connectivity index (χ3n) is 27.3. The third kappa shape index (κ3) is 31.6. The molecular formula is C87H153N9O9. The Morgan fingerprint density at radius 2 is 0.476 bits per heavy atom. The van der Waals surface area contributed by atoms with Crippen LogP contribution in [0.15, 0.2) is 0 Å². The Morgan fingerprint density at radius 1 is 0.238 bits per heavy atom. The van der Waals surface area contributed by atoms with E-state index in [1.54, 1.807) is 0 Å². The van der Waals surface area contributed by atoms with Crippen LogP contribution in [0, 0.1) is 71.0 Å². The van der Waals surface area contributed by atoms with E-state index in [1.165, 1.54) is 38.5 Å². The number of rotatable bonds is 30. The molecule has 9 saturated carbocycles. The molecule has 9 aliphatic carbocycles. The zero-order chi connectivity index (χ0) is 75.6. The van der Waals surface area contributed by atoms with Crippen LogP contribution in [0.3, 0.4) is 0 Å². The van der Waals surface area contributed by atoms with Gasteiger partial charge in [-0.1, -0.05) is 178 Å². The van der Waals surface area contributed by atoms with Gasteiger partial charge in [0.1, 0.15) is 0 Å². The molecule has 9 N–H and O–H groups in total. The maximum atomic E-state index is 13.5. The highest BCUT2D eigenvalue weighted by atomic mass is 16.2. The van der Waals surface area contributed by atoms with Gasteiger partial charge >= 0.3 is 0 Å². The van der Waals surface area contributed by atoms with Gasteiger partial charge in [-0.15, -0.1) is 0 Å². The molecule has 9 fully saturated rings. The predicted molar refractivity (Wildman–Crippen MR) is 422 cm³/mol. The maximum Gasteiger partial charge on any atom is 0.224 e. The van der Waals surface area contributed by atoms with Crippen LogP contribution in [0.2, 0.25) is 0 Å². The first-order valence-electron chi connectivity index (χ1n) is 44.3. The number of amides is 9. The second kappa shape index (κ2) is 47.3. The quantitative estimate of drug-likeness (QED) is 0.0331. The molecule has 9 rings (SSSR count). The van der Waals surface area contributed by atoms with E-state index >= 15 is 0 Å². The van der Waals surface area contributed by atoms with Gasteiger partial charge in [0.2, 0.25) is 53.2 Å². The molecule has 105 heavy (non-hydrogen) atoms. The molecule has 18 heteroatoms. The molecule has 0 aromatic heterocycles. The number of hydrogen-bond donors (Lipinski definition) is 9. The van der Waals surface area contributed by atoms with E-state index in [1.807, 2.05) is 0 Å². The molecule has 18 nitrogen and oxygen atoms in total. The van der Waals surface area contributed by atoms with Crippen LogP contribution in [0.25, 0.3) is 0 Å². The third-order valence-corrected chi connectivity index (χ3v) is 27.3. The Bertz CT molecular complexity index is 2500. The lowest BCUT2D eigenvalue weighted by Crippen LogP contribution is -2.48. The summed E-state index contributed by atoms with van der Waals surface area (Å²) in [6, 6.07) is 1.70. The van der Waals surface area contributed by atoms with Gasteiger partial charge in [-0.3, -0.25) is 43.2 Å². The molecule has 0 aromatic rings. The second-order valence-corrected chi connectivity index (χ2v) is 35.7. The molecule has 0 saturated heterocycles. The summed E-state index contributed by atoms with van der Waals surface area (Å²) >= 11 is 0. The molecular weight excluding hydrogens is 1320 g/mol. The Morgan fingerprint density at radius 3 is 0.771 bits per heavy atom. The van der Waals surface area contributed by atoms with Crippen molar-refractivity contribution in [3.05, 3.63) is 0 Å². The number of hydrogen-bond acceptors (Lipinski definition) is 9. The maximum absolute atomic E-state index is 13.5. The highest BCUT2D eigenvalue weighted by molar-refractivity contribution is 5.92. The number of carbonyl (C=O) groups is 9. The van der Waals surface area contributed by atoms with Crippen molar-refractivity contribution in [2.75, 3.05) is 0 Å². The van der Waals surface area contributed by atoms with Crippen LogP contribution < -0.4 is 47.9 Å². The Hall–Kier alpha value is -4.77. The topological polar surface area (TPSA) is 262 Å². The number of nitrogens with one attached hydrogen (secondary N) is 9. The average Bonchev–Trinajstić information content (AvgIpc) is 0.857. The molecule has 9 amide bonds. The van der Waals surface area contributed by atoms with E-state index < -0.39 is 17.8 Å². The fourth-order valence-electron chi connectivity index (χ4n) is 20.0. The first-order chi connectivity index (χ1) is 50.6. The minimum Gasteiger partial charge on any atom is -0.353 e. The fourth-order valence-corrected chi connectivity index (χ4v) is 20.0. The molecule has 12 atom stereocenters. The van der Waals surface area contributed by atoms with Crippen molar-refractivity contribution in [1.29, 1.82) is 0 Å². The monoisotopic (exact) mass is 1470 g/mol. The SMILES string of the molecule is CC1CCC(NC(=O)CC(CC(=O)NC2CCC(C)CC2)C(=O)NC2CCC(C)CC2)CC1.CCC1CCCC(NC(=O)CC(CC(=O)NC2CCCC(CC)C2)C(=O)NC2CCCC(CC)C2)C1.CCC1CCCCC1NC(=O)CC(CC(=O)NC1CCCCC1CC)C(=O)NC1CCCCC1CC. The van der Waals surface area contributed by atoms with Crippen LogP contribution in [0.1, 0.15) is 371 Å². The summed E-state index contributed by atoms with van der Waals surface area (Å²) in [7, 11) is 0. The van der Waals surface area contributed by atoms with E-state index in [4.69, 9.17) is 0 Å². The summed E-state index contributed by atoms with van der Waals surface area (Å²) in [4.78, 5) is 118. The van der Waals surface area contributed by atoms with Gasteiger partial charge < -0.3 is 47.9 Å². The molecule has 0 aliphatic heterocycles. The van der Waals surface area contributed by atoms with Gasteiger partial charge in [0.05, 0.1) is 17.8 Å². The second-order valence-electron chi connectivity index (χ2n) is 35.7. The molecule has 12 unspecified atom stereocenters. The van der Waals surface area contributed by atoms with E-state index in [2.05, 4.69) is 110 Å². The first-order valence-corrected chi connectivity index (χ1v) is 44.3. The Labute approximate surface area is 636 Å². The zero-order valence-corrected chi connectivity index (χ0v) is 67.7. The van der Waals surface area contributed by atoms with E-state index in [0.29, 0.717) is 41.4 Å². The minimum atomic E-state index is -0.614. The molecule has 0 spiro atoms. The van der Waals surface area contributed by atoms with Crippen molar-refractivity contribution >= 4 is 53.2 Å². The number of carbonyl (C=O) groups excluding carboxylic acids is 9. The molecule has 600 valence electrons. The van der Waals surface area contributed by atoms with Crippen LogP contribution in [0.5, 0.6) is 0 Å². The van der Waals surface area contributed by atoms with Crippen molar-refractivity contribution in [3.8, 4) is 0 Å². The Balaban J connectivity index is 0.000000220. The van der Waals surface area contributed by atoms with Gasteiger partial charge in [0.25, 0.3) is 0 Å². The van der Waals surface area contributed by atoms with Crippen molar-refractivity contribution in [1.82, 2.24) is 47.9 Å². The Kier molecular flexibility index (Phi) is 39.4. The van der Waals surface area contributed by atoms with Gasteiger partial charge in [-0.2, -0.15) is 0 Å². The summed E-state index contributed by atoms with van der Waals surface area (Å²) in [5, 5.41) is 28.9.